The van der Waals surface area contributed by atoms with E-state index in [-0.39, 0.29) is 17.6 Å². The summed E-state index contributed by atoms with van der Waals surface area (Å²) in [4.78, 5) is 29.2. The number of ether oxygens (including phenoxy) is 1. The van der Waals surface area contributed by atoms with Gasteiger partial charge in [0.05, 0.1) is 22.2 Å². The molecule has 1 aromatic heterocycles. The van der Waals surface area contributed by atoms with Crippen molar-refractivity contribution in [3.63, 3.8) is 0 Å². The van der Waals surface area contributed by atoms with Crippen LogP contribution in [0.5, 0.6) is 5.75 Å². The Balaban J connectivity index is 1.72. The number of non-ortho nitro benzene ring substituents is 1. The van der Waals surface area contributed by atoms with Crippen LogP contribution in [0.15, 0.2) is 59.4 Å². The largest absolute Gasteiger partial charge is 0.487 e. The normalized spacial score (nSPS) is 11.6. The lowest BCUT2D eigenvalue weighted by Gasteiger charge is -2.25. The summed E-state index contributed by atoms with van der Waals surface area (Å²) < 4.78 is 5.71. The first kappa shape index (κ1) is 19.5. The van der Waals surface area contributed by atoms with Crippen LogP contribution in [-0.4, -0.2) is 27.8 Å². The molecule has 0 bridgehead atoms. The Labute approximate surface area is 166 Å². The molecule has 1 atom stereocenters. The number of amides is 1. The van der Waals surface area contributed by atoms with E-state index in [1.165, 1.54) is 23.5 Å². The molecule has 0 aliphatic heterocycles. The topological polar surface area (TPSA) is 85.6 Å². The molecule has 0 fully saturated rings. The number of hydrogen-bond donors (Lipinski definition) is 0. The molecule has 0 N–H and O–H groups in total. The Hall–Kier alpha value is -3.26. The molecule has 0 aliphatic carbocycles. The summed E-state index contributed by atoms with van der Waals surface area (Å²) in [5.74, 6) is 0.383. The molecule has 28 heavy (non-hydrogen) atoms. The fraction of sp³-hybridized carbons (Fsp3) is 0.200. The van der Waals surface area contributed by atoms with E-state index >= 15 is 0 Å². The van der Waals surface area contributed by atoms with Gasteiger partial charge in [-0.15, -0.1) is 11.3 Å². The van der Waals surface area contributed by atoms with Gasteiger partial charge in [-0.05, 0) is 30.7 Å². The number of nitro groups is 1. The van der Waals surface area contributed by atoms with Gasteiger partial charge < -0.3 is 9.64 Å². The third-order valence-electron chi connectivity index (χ3n) is 4.42. The average Bonchev–Trinajstić information content (AvgIpc) is 3.24. The Bertz CT molecular complexity index is 975. The highest BCUT2D eigenvalue weighted by Crippen LogP contribution is 2.25. The molecule has 1 amide bonds. The predicted molar refractivity (Wildman–Crippen MR) is 106 cm³/mol. The highest BCUT2D eigenvalue weighted by atomic mass is 32.1. The Morgan fingerprint density at radius 1 is 1.29 bits per heavy atom. The molecule has 2 aromatic carbocycles. The fourth-order valence-corrected chi connectivity index (χ4v) is 3.23. The minimum Gasteiger partial charge on any atom is -0.487 e. The van der Waals surface area contributed by atoms with Crippen LogP contribution in [0, 0.1) is 10.1 Å². The number of thiazole rings is 1. The molecule has 0 aliphatic rings. The fourth-order valence-electron chi connectivity index (χ4n) is 2.69. The number of carbonyl (C=O) groups excluding carboxylic acids is 1. The van der Waals surface area contributed by atoms with Crippen molar-refractivity contribution in [1.29, 1.82) is 0 Å². The van der Waals surface area contributed by atoms with Gasteiger partial charge in [0, 0.05) is 30.1 Å². The molecule has 0 spiro atoms. The van der Waals surface area contributed by atoms with E-state index in [9.17, 15) is 14.9 Å². The van der Waals surface area contributed by atoms with Crippen molar-refractivity contribution in [3.8, 4) is 5.75 Å². The van der Waals surface area contributed by atoms with Crippen molar-refractivity contribution in [1.82, 2.24) is 9.88 Å². The molecular weight excluding hydrogens is 378 g/mol. The molecule has 7 nitrogen and oxygen atoms in total. The van der Waals surface area contributed by atoms with Gasteiger partial charge in [0.25, 0.3) is 11.6 Å². The van der Waals surface area contributed by atoms with Gasteiger partial charge in [-0.25, -0.2) is 4.98 Å². The molecule has 0 saturated carbocycles. The van der Waals surface area contributed by atoms with Crippen LogP contribution in [0.25, 0.3) is 0 Å². The lowest BCUT2D eigenvalue weighted by atomic mass is 10.1. The monoisotopic (exact) mass is 397 g/mol. The molecule has 0 saturated heterocycles. The summed E-state index contributed by atoms with van der Waals surface area (Å²) in [6.07, 6.45) is 0. The van der Waals surface area contributed by atoms with Gasteiger partial charge in [0.15, 0.2) is 0 Å². The second kappa shape index (κ2) is 8.62. The number of carbonyl (C=O) groups is 1. The second-order valence-corrected chi connectivity index (χ2v) is 6.96. The third kappa shape index (κ3) is 4.52. The summed E-state index contributed by atoms with van der Waals surface area (Å²) in [5.41, 5.74) is 3.75. The predicted octanol–water partition coefficient (Wildman–Crippen LogP) is 4.46. The number of rotatable bonds is 7. The van der Waals surface area contributed by atoms with Gasteiger partial charge in [0.1, 0.15) is 12.4 Å². The van der Waals surface area contributed by atoms with Crippen molar-refractivity contribution in [3.05, 3.63) is 86.4 Å². The molecule has 0 radical (unpaired) electrons. The zero-order valence-corrected chi connectivity index (χ0v) is 16.3. The van der Waals surface area contributed by atoms with E-state index in [1.807, 2.05) is 12.3 Å². The Kier molecular flexibility index (Phi) is 6.00. The zero-order valence-electron chi connectivity index (χ0n) is 15.4. The van der Waals surface area contributed by atoms with Gasteiger partial charge in [-0.3, -0.25) is 14.9 Å². The Morgan fingerprint density at radius 3 is 2.79 bits per heavy atom. The first-order valence-electron chi connectivity index (χ1n) is 8.57. The standard InChI is InChI=1S/C20H19N3O4S/c1-14(15-5-3-7-18(9-15)23(25)26)22(2)20(24)16-6-4-8-19(10-16)27-11-17-12-28-13-21-17/h3-10,12-14H,11H2,1-2H3/t14-/m1/s1. The Morgan fingerprint density at radius 2 is 2.07 bits per heavy atom. The van der Waals surface area contributed by atoms with E-state index in [1.54, 1.807) is 53.9 Å². The third-order valence-corrected chi connectivity index (χ3v) is 5.05. The van der Waals surface area contributed by atoms with Crippen LogP contribution in [-0.2, 0) is 6.61 Å². The highest BCUT2D eigenvalue weighted by molar-refractivity contribution is 7.07. The van der Waals surface area contributed by atoms with Gasteiger partial charge >= 0.3 is 0 Å². The van der Waals surface area contributed by atoms with Gasteiger partial charge in [-0.2, -0.15) is 0 Å². The van der Waals surface area contributed by atoms with Crippen LogP contribution in [0.1, 0.15) is 34.6 Å². The van der Waals surface area contributed by atoms with Crippen molar-refractivity contribution < 1.29 is 14.5 Å². The number of hydrogen-bond acceptors (Lipinski definition) is 6. The zero-order chi connectivity index (χ0) is 20.1. The maximum absolute atomic E-state index is 12.9. The molecule has 0 unspecified atom stereocenters. The van der Waals surface area contributed by atoms with Crippen molar-refractivity contribution >= 4 is 22.9 Å². The van der Waals surface area contributed by atoms with E-state index in [4.69, 9.17) is 4.74 Å². The summed E-state index contributed by atoms with van der Waals surface area (Å²) in [7, 11) is 1.68. The van der Waals surface area contributed by atoms with Gasteiger partial charge in [-0.1, -0.05) is 18.2 Å². The number of nitrogens with zero attached hydrogens (tertiary/aromatic N) is 3. The molecule has 1 heterocycles. The van der Waals surface area contributed by atoms with E-state index in [2.05, 4.69) is 4.98 Å². The lowest BCUT2D eigenvalue weighted by molar-refractivity contribution is -0.384. The average molecular weight is 397 g/mol. The molecular formula is C20H19N3O4S. The van der Waals surface area contributed by atoms with Crippen LogP contribution in [0.2, 0.25) is 0 Å². The summed E-state index contributed by atoms with van der Waals surface area (Å²) >= 11 is 1.50. The molecule has 3 rings (SSSR count). The number of benzene rings is 2. The number of nitro benzene ring substituents is 1. The molecule has 3 aromatic rings. The van der Waals surface area contributed by atoms with Crippen LogP contribution >= 0.6 is 11.3 Å². The van der Waals surface area contributed by atoms with Crippen LogP contribution < -0.4 is 4.74 Å². The van der Waals surface area contributed by atoms with Crippen molar-refractivity contribution in [2.75, 3.05) is 7.05 Å². The van der Waals surface area contributed by atoms with Crippen molar-refractivity contribution in [2.45, 2.75) is 19.6 Å². The smallest absolute Gasteiger partial charge is 0.269 e. The first-order valence-corrected chi connectivity index (χ1v) is 9.51. The summed E-state index contributed by atoms with van der Waals surface area (Å²) in [6.45, 7) is 2.17. The second-order valence-electron chi connectivity index (χ2n) is 6.24. The lowest BCUT2D eigenvalue weighted by Crippen LogP contribution is -2.29. The minimum atomic E-state index is -0.443. The van der Waals surface area contributed by atoms with Crippen LogP contribution in [0.3, 0.4) is 0 Å². The van der Waals surface area contributed by atoms with Gasteiger partial charge in [0.2, 0.25) is 0 Å². The summed E-state index contributed by atoms with van der Waals surface area (Å²) in [6, 6.07) is 12.9. The number of aromatic nitrogens is 1. The SMILES string of the molecule is C[C@H](c1cccc([N+](=O)[O-])c1)N(C)C(=O)c1cccc(OCc2cscn2)c1. The summed E-state index contributed by atoms with van der Waals surface area (Å²) in [5, 5.41) is 12.9. The minimum absolute atomic E-state index is 0.00244. The van der Waals surface area contributed by atoms with Crippen molar-refractivity contribution in [2.24, 2.45) is 0 Å². The maximum Gasteiger partial charge on any atom is 0.269 e. The molecule has 144 valence electrons. The quantitative estimate of drug-likeness (QED) is 0.434. The van der Waals surface area contributed by atoms with Crippen LogP contribution in [0.4, 0.5) is 5.69 Å². The first-order chi connectivity index (χ1) is 13.5. The van der Waals surface area contributed by atoms with E-state index < -0.39 is 4.92 Å². The molecule has 8 heteroatoms. The maximum atomic E-state index is 12.9. The van der Waals surface area contributed by atoms with E-state index in [0.717, 1.165) is 5.69 Å². The highest BCUT2D eigenvalue weighted by Gasteiger charge is 2.21. The van der Waals surface area contributed by atoms with E-state index in [0.29, 0.717) is 23.5 Å².